The number of halogens is 3. The van der Waals surface area contributed by atoms with E-state index in [2.05, 4.69) is 32.4 Å². The number of nitrogens with zero attached hydrogens (tertiary/aromatic N) is 3. The summed E-state index contributed by atoms with van der Waals surface area (Å²) in [7, 11) is 1.54. The summed E-state index contributed by atoms with van der Waals surface area (Å²) in [6.45, 7) is 5.69. The van der Waals surface area contributed by atoms with Crippen LogP contribution in [0.1, 0.15) is 54.9 Å². The largest absolute Gasteiger partial charge is 0.493 e. The number of methoxy groups -OCH3 is 1. The lowest BCUT2D eigenvalue weighted by molar-refractivity contribution is 0.102. The van der Waals surface area contributed by atoms with Crippen molar-refractivity contribution in [3.8, 4) is 23.1 Å². The van der Waals surface area contributed by atoms with Gasteiger partial charge in [0.15, 0.2) is 23.1 Å². The smallest absolute Gasteiger partial charge is 0.262 e. The molecule has 1 amide bonds. The van der Waals surface area contributed by atoms with Crippen LogP contribution < -0.4 is 24.8 Å². The van der Waals surface area contributed by atoms with E-state index < -0.39 is 11.7 Å². The number of hydrogen-bond acceptors (Lipinski definition) is 8. The van der Waals surface area contributed by atoms with E-state index in [-0.39, 0.29) is 38.9 Å². The Kier molecular flexibility index (Phi) is 12.1. The van der Waals surface area contributed by atoms with Crippen molar-refractivity contribution in [2.75, 3.05) is 44.0 Å². The maximum absolute atomic E-state index is 15.0. The van der Waals surface area contributed by atoms with Crippen molar-refractivity contribution in [2.24, 2.45) is 0 Å². The summed E-state index contributed by atoms with van der Waals surface area (Å²) in [5.41, 5.74) is 1.70. The van der Waals surface area contributed by atoms with Crippen LogP contribution in [0, 0.1) is 5.82 Å². The molecule has 12 heteroatoms. The maximum atomic E-state index is 15.0. The number of carbonyl (C=O) groups excluding carboxylic acids is 1. The third kappa shape index (κ3) is 9.24. The van der Waals surface area contributed by atoms with E-state index in [9.17, 15) is 9.18 Å². The van der Waals surface area contributed by atoms with Crippen LogP contribution in [0.3, 0.4) is 0 Å². The molecule has 0 spiro atoms. The molecule has 1 fully saturated rings. The molecule has 1 saturated heterocycles. The highest BCUT2D eigenvalue weighted by atomic mass is 35.5. The molecule has 0 unspecified atom stereocenters. The van der Waals surface area contributed by atoms with Crippen LogP contribution in [0.15, 0.2) is 60.8 Å². The number of ether oxygens (including phenoxy) is 3. The Labute approximate surface area is 284 Å². The van der Waals surface area contributed by atoms with Crippen molar-refractivity contribution in [3.63, 3.8) is 0 Å². The van der Waals surface area contributed by atoms with Crippen LogP contribution in [0.5, 0.6) is 23.1 Å². The summed E-state index contributed by atoms with van der Waals surface area (Å²) >= 11 is 12.6. The van der Waals surface area contributed by atoms with Gasteiger partial charge in [-0.1, -0.05) is 55.1 Å². The fourth-order valence-corrected chi connectivity index (χ4v) is 5.77. The van der Waals surface area contributed by atoms with E-state index in [1.807, 2.05) is 12.1 Å². The number of aryl methyl sites for hydroxylation is 1. The molecule has 47 heavy (non-hydrogen) atoms. The van der Waals surface area contributed by atoms with Crippen LogP contribution in [0.4, 0.5) is 21.7 Å². The van der Waals surface area contributed by atoms with Crippen molar-refractivity contribution in [3.05, 3.63) is 87.8 Å². The minimum absolute atomic E-state index is 0.00528. The molecule has 1 aliphatic heterocycles. The standard InChI is InChI=1S/C35H38Cl2FN5O4/c1-3-9-23-12-14-30(31(20-23)45-2)47-34-25(33(44)41-32-26(36)10-7-11-27(32)37)22-39-35(42-34)40-24-13-15-29(28(38)21-24)46-19-8-18-43-16-5-4-6-17-43/h7,10-15,20-22H,3-6,8-9,16-19H2,1-2H3,(H,41,44)(H,39,40,42). The number of nitrogens with one attached hydrogen (secondary N) is 2. The van der Waals surface area contributed by atoms with Gasteiger partial charge in [-0.05, 0) is 80.7 Å². The molecular weight excluding hydrogens is 644 g/mol. The molecule has 0 radical (unpaired) electrons. The number of piperidine rings is 1. The molecule has 2 N–H and O–H groups in total. The molecule has 0 atom stereocenters. The highest BCUT2D eigenvalue weighted by Crippen LogP contribution is 2.35. The zero-order valence-corrected chi connectivity index (χ0v) is 28.0. The quantitative estimate of drug-likeness (QED) is 0.127. The van der Waals surface area contributed by atoms with E-state index in [0.717, 1.165) is 44.5 Å². The molecule has 3 aromatic carbocycles. The van der Waals surface area contributed by atoms with Crippen molar-refractivity contribution < 1.29 is 23.4 Å². The number of carbonyl (C=O) groups is 1. The van der Waals surface area contributed by atoms with E-state index in [1.165, 1.54) is 38.6 Å². The molecule has 5 rings (SSSR count). The third-order valence-corrected chi connectivity index (χ3v) is 8.32. The van der Waals surface area contributed by atoms with Gasteiger partial charge in [-0.15, -0.1) is 0 Å². The van der Waals surface area contributed by atoms with E-state index >= 15 is 0 Å². The minimum atomic E-state index is -0.601. The topological polar surface area (TPSA) is 97.8 Å². The number of aromatic nitrogens is 2. The van der Waals surface area contributed by atoms with Gasteiger partial charge in [0.1, 0.15) is 5.56 Å². The van der Waals surface area contributed by atoms with Crippen molar-refractivity contribution in [2.45, 2.75) is 45.4 Å². The molecule has 248 valence electrons. The first kappa shape index (κ1) is 34.2. The van der Waals surface area contributed by atoms with Crippen LogP contribution in [-0.2, 0) is 6.42 Å². The predicted molar refractivity (Wildman–Crippen MR) is 184 cm³/mol. The van der Waals surface area contributed by atoms with E-state index in [4.69, 9.17) is 37.4 Å². The van der Waals surface area contributed by atoms with Gasteiger partial charge in [0.25, 0.3) is 5.91 Å². The Morgan fingerprint density at radius 3 is 2.49 bits per heavy atom. The molecule has 0 aliphatic carbocycles. The average molecular weight is 683 g/mol. The second-order valence-corrected chi connectivity index (χ2v) is 12.0. The number of benzene rings is 3. The lowest BCUT2D eigenvalue weighted by Gasteiger charge is -2.26. The average Bonchev–Trinajstić information content (AvgIpc) is 3.07. The summed E-state index contributed by atoms with van der Waals surface area (Å²) in [5.74, 6) is -0.136. The number of rotatable bonds is 14. The molecule has 1 aromatic heterocycles. The van der Waals surface area contributed by atoms with Gasteiger partial charge in [-0.3, -0.25) is 4.79 Å². The zero-order chi connectivity index (χ0) is 33.2. The van der Waals surface area contributed by atoms with Crippen LogP contribution in [0.2, 0.25) is 10.0 Å². The predicted octanol–water partition coefficient (Wildman–Crippen LogP) is 8.93. The van der Waals surface area contributed by atoms with Gasteiger partial charge in [0.2, 0.25) is 11.8 Å². The summed E-state index contributed by atoms with van der Waals surface area (Å²) < 4.78 is 32.4. The number of para-hydroxylation sites is 1. The van der Waals surface area contributed by atoms with Crippen LogP contribution in [-0.4, -0.2) is 54.1 Å². The Hall–Kier alpha value is -4.12. The molecular formula is C35H38Cl2FN5O4. The number of anilines is 3. The Morgan fingerprint density at radius 2 is 1.77 bits per heavy atom. The van der Waals surface area contributed by atoms with Gasteiger partial charge in [-0.2, -0.15) is 4.98 Å². The highest BCUT2D eigenvalue weighted by molar-refractivity contribution is 6.40. The van der Waals surface area contributed by atoms with Gasteiger partial charge in [0.05, 0.1) is 29.4 Å². The molecule has 0 bridgehead atoms. The first-order chi connectivity index (χ1) is 22.8. The minimum Gasteiger partial charge on any atom is -0.493 e. The monoisotopic (exact) mass is 681 g/mol. The van der Waals surface area contributed by atoms with Crippen molar-refractivity contribution in [1.29, 1.82) is 0 Å². The molecule has 0 saturated carbocycles. The number of hydrogen-bond donors (Lipinski definition) is 2. The van der Waals surface area contributed by atoms with Crippen molar-refractivity contribution >= 4 is 46.4 Å². The van der Waals surface area contributed by atoms with Crippen molar-refractivity contribution in [1.82, 2.24) is 14.9 Å². The van der Waals surface area contributed by atoms with Gasteiger partial charge >= 0.3 is 0 Å². The van der Waals surface area contributed by atoms with Crippen LogP contribution in [0.25, 0.3) is 0 Å². The first-order valence-corrected chi connectivity index (χ1v) is 16.5. The molecule has 1 aliphatic rings. The van der Waals surface area contributed by atoms with Crippen LogP contribution >= 0.6 is 23.2 Å². The highest BCUT2D eigenvalue weighted by Gasteiger charge is 2.21. The Morgan fingerprint density at radius 1 is 1.00 bits per heavy atom. The second kappa shape index (κ2) is 16.6. The SMILES string of the molecule is CCCc1ccc(Oc2nc(Nc3ccc(OCCCN4CCCCC4)c(F)c3)ncc2C(=O)Nc2c(Cl)cccc2Cl)c(OC)c1. The lowest BCUT2D eigenvalue weighted by Crippen LogP contribution is -2.31. The normalized spacial score (nSPS) is 13.2. The third-order valence-electron chi connectivity index (χ3n) is 7.69. The van der Waals surface area contributed by atoms with Gasteiger partial charge in [-0.25, -0.2) is 9.37 Å². The molecule has 2 heterocycles. The summed E-state index contributed by atoms with van der Waals surface area (Å²) in [6.07, 6.45) is 7.71. The molecule has 9 nitrogen and oxygen atoms in total. The summed E-state index contributed by atoms with van der Waals surface area (Å²) in [6, 6.07) is 15.0. The van der Waals surface area contributed by atoms with E-state index in [0.29, 0.717) is 23.8 Å². The van der Waals surface area contributed by atoms with Gasteiger partial charge in [0, 0.05) is 24.5 Å². The molecule has 4 aromatic rings. The maximum Gasteiger partial charge on any atom is 0.262 e. The fourth-order valence-electron chi connectivity index (χ4n) is 5.28. The first-order valence-electron chi connectivity index (χ1n) is 15.7. The second-order valence-electron chi connectivity index (χ2n) is 11.2. The summed E-state index contributed by atoms with van der Waals surface area (Å²) in [4.78, 5) is 24.7. The summed E-state index contributed by atoms with van der Waals surface area (Å²) in [5, 5.41) is 6.23. The van der Waals surface area contributed by atoms with Gasteiger partial charge < -0.3 is 29.7 Å². The number of likely N-dealkylation sites (tertiary alicyclic amines) is 1. The Bertz CT molecular complexity index is 1670. The number of amides is 1. The Balaban J connectivity index is 1.34. The lowest BCUT2D eigenvalue weighted by atomic mass is 10.1. The zero-order valence-electron chi connectivity index (χ0n) is 26.5. The van der Waals surface area contributed by atoms with E-state index in [1.54, 1.807) is 36.4 Å². The fraction of sp³-hybridized carbons (Fsp3) is 0.343.